The van der Waals surface area contributed by atoms with E-state index in [4.69, 9.17) is 4.74 Å². The molecule has 0 radical (unpaired) electrons. The number of hydrogen-bond donors (Lipinski definition) is 1. The van der Waals surface area contributed by atoms with Crippen LogP contribution in [0.15, 0.2) is 24.3 Å². The van der Waals surface area contributed by atoms with E-state index >= 15 is 0 Å². The molecular formula is C17H20F3N3O4. The summed E-state index contributed by atoms with van der Waals surface area (Å²) in [5.41, 5.74) is -0.0716. The fraction of sp³-hybridized carbons (Fsp3) is 0.529. The molecule has 0 saturated carbocycles. The average Bonchev–Trinajstić information content (AvgIpc) is 3.16. The molecule has 1 atom stereocenters. The molecule has 2 fully saturated rings. The topological polar surface area (TPSA) is 71.1 Å². The van der Waals surface area contributed by atoms with Crippen LogP contribution in [0.5, 0.6) is 5.75 Å². The molecule has 2 aliphatic rings. The molecule has 0 aliphatic carbocycles. The molecule has 1 N–H and O–H groups in total. The zero-order chi connectivity index (χ0) is 19.4. The summed E-state index contributed by atoms with van der Waals surface area (Å²) in [4.78, 5) is 27.8. The van der Waals surface area contributed by atoms with Crippen LogP contribution in [0.3, 0.4) is 0 Å². The van der Waals surface area contributed by atoms with Crippen LogP contribution >= 0.6 is 0 Å². The van der Waals surface area contributed by atoms with Crippen molar-refractivity contribution in [2.45, 2.75) is 25.3 Å². The molecule has 3 amide bonds. The van der Waals surface area contributed by atoms with Gasteiger partial charge in [-0.1, -0.05) is 12.1 Å². The number of piperazine rings is 1. The lowest BCUT2D eigenvalue weighted by molar-refractivity contribution is -0.274. The normalized spacial score (nSPS) is 20.5. The van der Waals surface area contributed by atoms with Crippen LogP contribution in [-0.2, 0) is 9.53 Å². The second-order valence-corrected chi connectivity index (χ2v) is 6.29. The van der Waals surface area contributed by atoms with Gasteiger partial charge in [0.05, 0.1) is 5.69 Å². The van der Waals surface area contributed by atoms with Crippen LogP contribution in [0.2, 0.25) is 0 Å². The van der Waals surface area contributed by atoms with Gasteiger partial charge >= 0.3 is 12.4 Å². The maximum absolute atomic E-state index is 12.5. The molecule has 148 valence electrons. The maximum atomic E-state index is 12.5. The third-order valence-electron chi connectivity index (χ3n) is 4.44. The van der Waals surface area contributed by atoms with Crippen molar-refractivity contribution in [2.75, 3.05) is 38.1 Å². The number of ether oxygens (including phenoxy) is 2. The highest BCUT2D eigenvalue weighted by molar-refractivity contribution is 5.91. The van der Waals surface area contributed by atoms with Crippen molar-refractivity contribution in [3.8, 4) is 5.75 Å². The highest BCUT2D eigenvalue weighted by Crippen LogP contribution is 2.30. The molecule has 3 rings (SSSR count). The monoisotopic (exact) mass is 387 g/mol. The first kappa shape index (κ1) is 19.3. The molecule has 0 unspecified atom stereocenters. The van der Waals surface area contributed by atoms with Gasteiger partial charge in [0.1, 0.15) is 6.10 Å². The van der Waals surface area contributed by atoms with E-state index in [1.807, 2.05) is 0 Å². The van der Waals surface area contributed by atoms with Gasteiger partial charge in [-0.2, -0.15) is 0 Å². The summed E-state index contributed by atoms with van der Waals surface area (Å²) in [6.45, 7) is 1.86. The van der Waals surface area contributed by atoms with Gasteiger partial charge in [0.25, 0.3) is 5.91 Å². The lowest BCUT2D eigenvalue weighted by atomic mass is 10.2. The minimum Gasteiger partial charge on any atom is -0.404 e. The Morgan fingerprint density at radius 2 is 1.78 bits per heavy atom. The molecular weight excluding hydrogens is 367 g/mol. The van der Waals surface area contributed by atoms with Crippen molar-refractivity contribution in [3.63, 3.8) is 0 Å². The number of nitrogens with one attached hydrogen (secondary N) is 1. The Bertz CT molecular complexity index is 684. The SMILES string of the molecule is O=C(Nc1ccccc1OC(F)(F)F)N1CCN(C(=O)[C@@H]2CCCO2)CC1. The summed E-state index contributed by atoms with van der Waals surface area (Å²) in [6.07, 6.45) is -3.69. The number of rotatable bonds is 3. The maximum Gasteiger partial charge on any atom is 0.573 e. The minimum absolute atomic E-state index is 0.0716. The Labute approximate surface area is 154 Å². The van der Waals surface area contributed by atoms with Gasteiger partial charge in [-0.05, 0) is 25.0 Å². The zero-order valence-electron chi connectivity index (χ0n) is 14.5. The van der Waals surface area contributed by atoms with Crippen LogP contribution in [-0.4, -0.2) is 67.0 Å². The fourth-order valence-corrected chi connectivity index (χ4v) is 3.08. The van der Waals surface area contributed by atoms with E-state index in [0.717, 1.165) is 12.5 Å². The first-order chi connectivity index (χ1) is 12.8. The Balaban J connectivity index is 1.55. The molecule has 1 aromatic carbocycles. The van der Waals surface area contributed by atoms with Crippen molar-refractivity contribution in [1.29, 1.82) is 0 Å². The number of nitrogens with zero attached hydrogens (tertiary/aromatic N) is 2. The van der Waals surface area contributed by atoms with Gasteiger partial charge in [-0.15, -0.1) is 13.2 Å². The summed E-state index contributed by atoms with van der Waals surface area (Å²) in [6, 6.07) is 4.79. The van der Waals surface area contributed by atoms with E-state index in [2.05, 4.69) is 10.1 Å². The number of hydrogen-bond acceptors (Lipinski definition) is 4. The fourth-order valence-electron chi connectivity index (χ4n) is 3.08. The Morgan fingerprint density at radius 3 is 2.41 bits per heavy atom. The van der Waals surface area contributed by atoms with Gasteiger partial charge in [-0.3, -0.25) is 4.79 Å². The lowest BCUT2D eigenvalue weighted by Crippen LogP contribution is -2.53. The highest BCUT2D eigenvalue weighted by atomic mass is 19.4. The highest BCUT2D eigenvalue weighted by Gasteiger charge is 2.33. The Morgan fingerprint density at radius 1 is 1.11 bits per heavy atom. The predicted molar refractivity (Wildman–Crippen MR) is 89.3 cm³/mol. The smallest absolute Gasteiger partial charge is 0.404 e. The van der Waals surface area contributed by atoms with E-state index < -0.39 is 24.2 Å². The predicted octanol–water partition coefficient (Wildman–Crippen LogP) is 2.44. The van der Waals surface area contributed by atoms with E-state index in [1.54, 1.807) is 4.90 Å². The van der Waals surface area contributed by atoms with Gasteiger partial charge in [0, 0.05) is 32.8 Å². The lowest BCUT2D eigenvalue weighted by Gasteiger charge is -2.35. The third kappa shape index (κ3) is 5.03. The van der Waals surface area contributed by atoms with E-state index in [1.165, 1.54) is 23.1 Å². The molecule has 7 nitrogen and oxygen atoms in total. The van der Waals surface area contributed by atoms with Crippen molar-refractivity contribution >= 4 is 17.6 Å². The number of carbonyl (C=O) groups is 2. The van der Waals surface area contributed by atoms with Gasteiger partial charge in [0.15, 0.2) is 5.75 Å². The molecule has 27 heavy (non-hydrogen) atoms. The average molecular weight is 387 g/mol. The summed E-state index contributed by atoms with van der Waals surface area (Å²) in [7, 11) is 0. The number of anilines is 1. The number of amides is 3. The summed E-state index contributed by atoms with van der Waals surface area (Å²) in [5.74, 6) is -0.554. The summed E-state index contributed by atoms with van der Waals surface area (Å²) < 4.78 is 46.7. The number of halogens is 3. The van der Waals surface area contributed by atoms with Gasteiger partial charge < -0.3 is 24.6 Å². The first-order valence-electron chi connectivity index (χ1n) is 8.64. The second kappa shape index (κ2) is 8.03. The first-order valence-corrected chi connectivity index (χ1v) is 8.64. The molecule has 0 aromatic heterocycles. The van der Waals surface area contributed by atoms with Crippen molar-refractivity contribution < 1.29 is 32.2 Å². The van der Waals surface area contributed by atoms with Crippen molar-refractivity contribution in [2.24, 2.45) is 0 Å². The standard InChI is InChI=1S/C17H20F3N3O4/c18-17(19,20)27-13-5-2-1-4-12(13)21-16(25)23-9-7-22(8-10-23)15(24)14-6-3-11-26-14/h1-2,4-5,14H,3,6-11H2,(H,21,25)/t14-/m0/s1. The minimum atomic E-state index is -4.85. The van der Waals surface area contributed by atoms with Crippen molar-refractivity contribution in [3.05, 3.63) is 24.3 Å². The Hall–Kier alpha value is -2.49. The molecule has 2 aliphatic heterocycles. The molecule has 2 heterocycles. The van der Waals surface area contributed by atoms with Gasteiger partial charge in [0.2, 0.25) is 0 Å². The number of carbonyl (C=O) groups excluding carboxylic acids is 2. The third-order valence-corrected chi connectivity index (χ3v) is 4.44. The number of alkyl halides is 3. The van der Waals surface area contributed by atoms with E-state index in [9.17, 15) is 22.8 Å². The summed E-state index contributed by atoms with van der Waals surface area (Å²) in [5, 5.41) is 2.44. The number of para-hydroxylation sites is 2. The van der Waals surface area contributed by atoms with Crippen molar-refractivity contribution in [1.82, 2.24) is 9.80 Å². The van der Waals surface area contributed by atoms with Gasteiger partial charge in [-0.25, -0.2) is 4.79 Å². The van der Waals surface area contributed by atoms with Crippen LogP contribution in [0, 0.1) is 0 Å². The van der Waals surface area contributed by atoms with E-state index in [0.29, 0.717) is 26.1 Å². The molecule has 0 bridgehead atoms. The molecule has 0 spiro atoms. The van der Waals surface area contributed by atoms with Crippen LogP contribution in [0.25, 0.3) is 0 Å². The molecule has 2 saturated heterocycles. The molecule has 1 aromatic rings. The van der Waals surface area contributed by atoms with E-state index in [-0.39, 0.29) is 24.7 Å². The van der Waals surface area contributed by atoms with Crippen LogP contribution < -0.4 is 10.1 Å². The number of urea groups is 1. The largest absolute Gasteiger partial charge is 0.573 e. The number of benzene rings is 1. The van der Waals surface area contributed by atoms with Crippen LogP contribution in [0.4, 0.5) is 23.7 Å². The molecule has 10 heteroatoms. The van der Waals surface area contributed by atoms with Crippen LogP contribution in [0.1, 0.15) is 12.8 Å². The Kier molecular flexibility index (Phi) is 5.73. The quantitative estimate of drug-likeness (QED) is 0.865. The summed E-state index contributed by atoms with van der Waals surface area (Å²) >= 11 is 0. The zero-order valence-corrected chi connectivity index (χ0v) is 14.5. The second-order valence-electron chi connectivity index (χ2n) is 6.29.